The quantitative estimate of drug-likeness (QED) is 0.726. The number of nitrogens with zero attached hydrogens (tertiary/aromatic N) is 3. The maximum Gasteiger partial charge on any atom is 0.104 e. The van der Waals surface area contributed by atoms with Gasteiger partial charge in [-0.3, -0.25) is 4.90 Å². The number of aryl methyl sites for hydroxylation is 1. The maximum atomic E-state index is 9.18. The van der Waals surface area contributed by atoms with Crippen LogP contribution in [0.2, 0.25) is 0 Å². The van der Waals surface area contributed by atoms with Crippen LogP contribution in [-0.2, 0) is 6.54 Å². The Kier molecular flexibility index (Phi) is 4.40. The molecule has 0 radical (unpaired) electrons. The van der Waals surface area contributed by atoms with Gasteiger partial charge in [-0.25, -0.2) is 4.98 Å². The van der Waals surface area contributed by atoms with Gasteiger partial charge in [0.1, 0.15) is 5.82 Å². The van der Waals surface area contributed by atoms with Gasteiger partial charge in [-0.05, 0) is 37.1 Å². The summed E-state index contributed by atoms with van der Waals surface area (Å²) >= 11 is 0. The number of aromatic amines is 1. The van der Waals surface area contributed by atoms with E-state index in [0.29, 0.717) is 6.54 Å². The number of rotatable bonds is 5. The largest absolute Gasteiger partial charge is 0.342 e. The molecule has 0 amide bonds. The Bertz CT molecular complexity index is 829. The Morgan fingerprint density at radius 3 is 2.74 bits per heavy atom. The molecule has 1 atom stereocenters. The Morgan fingerprint density at radius 1 is 1.22 bits per heavy atom. The second-order valence-corrected chi connectivity index (χ2v) is 5.82. The molecular formula is C19H20N4. The molecule has 1 unspecified atom stereocenters. The van der Waals surface area contributed by atoms with E-state index in [9.17, 15) is 5.26 Å². The highest BCUT2D eigenvalue weighted by atomic mass is 15.1. The molecule has 0 aliphatic carbocycles. The maximum absolute atomic E-state index is 9.18. The van der Waals surface area contributed by atoms with Crippen LogP contribution in [0.5, 0.6) is 0 Å². The van der Waals surface area contributed by atoms with Crippen LogP contribution in [0.1, 0.15) is 29.9 Å². The highest BCUT2D eigenvalue weighted by Crippen LogP contribution is 2.25. The van der Waals surface area contributed by atoms with Gasteiger partial charge in [0.05, 0.1) is 23.6 Å². The molecule has 0 fully saturated rings. The van der Waals surface area contributed by atoms with Gasteiger partial charge in [0, 0.05) is 12.6 Å². The van der Waals surface area contributed by atoms with Crippen molar-refractivity contribution in [2.75, 3.05) is 6.54 Å². The number of aromatic nitrogens is 2. The molecule has 116 valence electrons. The summed E-state index contributed by atoms with van der Waals surface area (Å²) < 4.78 is 0. The van der Waals surface area contributed by atoms with E-state index in [1.165, 1.54) is 11.1 Å². The number of imidazole rings is 1. The lowest BCUT2D eigenvalue weighted by molar-refractivity contribution is 0.228. The van der Waals surface area contributed by atoms with E-state index in [1.54, 1.807) is 0 Å². The summed E-state index contributed by atoms with van der Waals surface area (Å²) in [5.74, 6) is 0.919. The molecule has 0 aliphatic heterocycles. The van der Waals surface area contributed by atoms with Crippen LogP contribution in [0.25, 0.3) is 11.0 Å². The van der Waals surface area contributed by atoms with Gasteiger partial charge in [0.15, 0.2) is 0 Å². The SMILES string of the molecule is Cc1nc2ccc(C(C)N(CC#N)Cc3ccccc3)cc2[nH]1. The van der Waals surface area contributed by atoms with E-state index in [2.05, 4.69) is 52.1 Å². The first-order valence-corrected chi connectivity index (χ1v) is 7.78. The Morgan fingerprint density at radius 2 is 2.00 bits per heavy atom. The van der Waals surface area contributed by atoms with E-state index in [-0.39, 0.29) is 6.04 Å². The Balaban J connectivity index is 1.86. The van der Waals surface area contributed by atoms with E-state index in [0.717, 1.165) is 23.4 Å². The first-order chi connectivity index (χ1) is 11.2. The van der Waals surface area contributed by atoms with Gasteiger partial charge in [-0.2, -0.15) is 5.26 Å². The third-order valence-electron chi connectivity index (χ3n) is 4.16. The molecule has 0 saturated carbocycles. The fourth-order valence-corrected chi connectivity index (χ4v) is 2.86. The number of hydrogen-bond acceptors (Lipinski definition) is 3. The molecule has 3 aromatic rings. The minimum atomic E-state index is 0.155. The highest BCUT2D eigenvalue weighted by Gasteiger charge is 2.16. The van der Waals surface area contributed by atoms with Gasteiger partial charge in [-0.1, -0.05) is 36.4 Å². The molecule has 2 aromatic carbocycles. The zero-order valence-corrected chi connectivity index (χ0v) is 13.5. The number of benzene rings is 2. The average molecular weight is 304 g/mol. The molecule has 1 N–H and O–H groups in total. The molecule has 0 spiro atoms. The van der Waals surface area contributed by atoms with Crippen molar-refractivity contribution in [3.8, 4) is 6.07 Å². The Hall–Kier alpha value is -2.64. The van der Waals surface area contributed by atoms with Gasteiger partial charge in [0.25, 0.3) is 0 Å². The Labute approximate surface area is 136 Å². The lowest BCUT2D eigenvalue weighted by Gasteiger charge is -2.27. The molecule has 1 heterocycles. The van der Waals surface area contributed by atoms with E-state index >= 15 is 0 Å². The molecule has 1 aromatic heterocycles. The molecule has 0 saturated heterocycles. The smallest absolute Gasteiger partial charge is 0.104 e. The summed E-state index contributed by atoms with van der Waals surface area (Å²) in [5, 5.41) is 9.18. The van der Waals surface area contributed by atoms with Gasteiger partial charge in [0.2, 0.25) is 0 Å². The van der Waals surface area contributed by atoms with E-state index in [1.807, 2.05) is 31.2 Å². The third-order valence-corrected chi connectivity index (χ3v) is 4.16. The number of H-pyrrole nitrogens is 1. The lowest BCUT2D eigenvalue weighted by Crippen LogP contribution is -2.27. The van der Waals surface area contributed by atoms with Gasteiger partial charge >= 0.3 is 0 Å². The van der Waals surface area contributed by atoms with Crippen LogP contribution in [0.4, 0.5) is 0 Å². The summed E-state index contributed by atoms with van der Waals surface area (Å²) in [6, 6.07) is 19.0. The van der Waals surface area contributed by atoms with Crippen molar-refractivity contribution in [1.29, 1.82) is 5.26 Å². The van der Waals surface area contributed by atoms with Crippen molar-refractivity contribution >= 4 is 11.0 Å². The van der Waals surface area contributed by atoms with Crippen LogP contribution < -0.4 is 0 Å². The van der Waals surface area contributed by atoms with Crippen molar-refractivity contribution in [3.63, 3.8) is 0 Å². The first-order valence-electron chi connectivity index (χ1n) is 7.78. The number of hydrogen-bond donors (Lipinski definition) is 1. The van der Waals surface area contributed by atoms with Gasteiger partial charge < -0.3 is 4.98 Å². The van der Waals surface area contributed by atoms with Crippen LogP contribution >= 0.6 is 0 Å². The number of nitrogens with one attached hydrogen (secondary N) is 1. The number of nitriles is 1. The van der Waals surface area contributed by atoms with E-state index < -0.39 is 0 Å². The third kappa shape index (κ3) is 3.41. The fraction of sp³-hybridized carbons (Fsp3) is 0.263. The summed E-state index contributed by atoms with van der Waals surface area (Å²) in [6.07, 6.45) is 0. The minimum Gasteiger partial charge on any atom is -0.342 e. The standard InChI is InChI=1S/C19H20N4/c1-14(17-8-9-18-19(12-17)22-15(2)21-18)23(11-10-20)13-16-6-4-3-5-7-16/h3-9,12,14H,11,13H2,1-2H3,(H,21,22). The zero-order valence-electron chi connectivity index (χ0n) is 13.5. The predicted octanol–water partition coefficient (Wildman–Crippen LogP) is 3.96. The van der Waals surface area contributed by atoms with Crippen molar-refractivity contribution in [2.24, 2.45) is 0 Å². The molecule has 0 aliphatic rings. The molecule has 4 heteroatoms. The molecular weight excluding hydrogens is 284 g/mol. The highest BCUT2D eigenvalue weighted by molar-refractivity contribution is 5.75. The van der Waals surface area contributed by atoms with Crippen molar-refractivity contribution in [3.05, 3.63) is 65.5 Å². The molecule has 0 bridgehead atoms. The van der Waals surface area contributed by atoms with Crippen molar-refractivity contribution in [1.82, 2.24) is 14.9 Å². The molecule has 3 rings (SSSR count). The minimum absolute atomic E-state index is 0.155. The summed E-state index contributed by atoms with van der Waals surface area (Å²) in [4.78, 5) is 9.90. The normalized spacial score (nSPS) is 12.4. The lowest BCUT2D eigenvalue weighted by atomic mass is 10.1. The monoisotopic (exact) mass is 304 g/mol. The average Bonchev–Trinajstić information content (AvgIpc) is 2.94. The second-order valence-electron chi connectivity index (χ2n) is 5.82. The first kappa shape index (κ1) is 15.3. The van der Waals surface area contributed by atoms with Crippen molar-refractivity contribution < 1.29 is 0 Å². The van der Waals surface area contributed by atoms with Crippen LogP contribution in [0, 0.1) is 18.3 Å². The molecule has 23 heavy (non-hydrogen) atoms. The molecule has 4 nitrogen and oxygen atoms in total. The van der Waals surface area contributed by atoms with Crippen LogP contribution in [0.15, 0.2) is 48.5 Å². The summed E-state index contributed by atoms with van der Waals surface area (Å²) in [7, 11) is 0. The second kappa shape index (κ2) is 6.64. The summed E-state index contributed by atoms with van der Waals surface area (Å²) in [5.41, 5.74) is 4.43. The van der Waals surface area contributed by atoms with E-state index in [4.69, 9.17) is 0 Å². The van der Waals surface area contributed by atoms with Crippen LogP contribution in [-0.4, -0.2) is 21.4 Å². The van der Waals surface area contributed by atoms with Crippen molar-refractivity contribution in [2.45, 2.75) is 26.4 Å². The zero-order chi connectivity index (χ0) is 16.2. The van der Waals surface area contributed by atoms with Crippen LogP contribution in [0.3, 0.4) is 0 Å². The van der Waals surface area contributed by atoms with Gasteiger partial charge in [-0.15, -0.1) is 0 Å². The summed E-state index contributed by atoms with van der Waals surface area (Å²) in [6.45, 7) is 5.26. The number of fused-ring (bicyclic) bond motifs is 1. The topological polar surface area (TPSA) is 55.7 Å². The predicted molar refractivity (Wildman–Crippen MR) is 91.7 cm³/mol. The fourth-order valence-electron chi connectivity index (χ4n) is 2.86.